The first-order valence-corrected chi connectivity index (χ1v) is 6.17. The van der Waals surface area contributed by atoms with Crippen molar-refractivity contribution in [2.24, 2.45) is 0 Å². The Morgan fingerprint density at radius 3 is 2.58 bits per heavy atom. The van der Waals surface area contributed by atoms with Crippen LogP contribution in [0, 0.1) is 0 Å². The first-order valence-electron chi connectivity index (χ1n) is 6.17. The number of rotatable bonds is 5. The largest absolute Gasteiger partial charge is 0.492 e. The summed E-state index contributed by atoms with van der Waals surface area (Å²) in [6.45, 7) is 2.31. The molecule has 1 atom stereocenters. The Balaban J connectivity index is 2.45. The number of hydrogen-bond donors (Lipinski definition) is 2. The molecule has 0 saturated carbocycles. The van der Waals surface area contributed by atoms with E-state index in [0.29, 0.717) is 17.8 Å². The van der Waals surface area contributed by atoms with Crippen molar-refractivity contribution in [2.45, 2.75) is 13.0 Å². The van der Waals surface area contributed by atoms with E-state index in [2.05, 4.69) is 0 Å². The number of methoxy groups -OCH3 is 1. The molecule has 0 saturated heterocycles. The molecular weight excluding hydrogens is 243 g/mol. The molecule has 0 aliphatic heterocycles. The molecule has 0 aromatic heterocycles. The van der Waals surface area contributed by atoms with E-state index in [0.717, 1.165) is 10.8 Å². The van der Waals surface area contributed by atoms with E-state index in [1.165, 1.54) is 0 Å². The van der Waals surface area contributed by atoms with Crippen LogP contribution in [0.3, 0.4) is 0 Å². The molecular formula is C14H17BO4. The van der Waals surface area contributed by atoms with Crippen LogP contribution in [0.1, 0.15) is 6.92 Å². The van der Waals surface area contributed by atoms with Gasteiger partial charge < -0.3 is 19.5 Å². The fourth-order valence-electron chi connectivity index (χ4n) is 2.13. The van der Waals surface area contributed by atoms with Crippen LogP contribution in [0.15, 0.2) is 36.4 Å². The van der Waals surface area contributed by atoms with Crippen LogP contribution < -0.4 is 10.2 Å². The highest BCUT2D eigenvalue weighted by Gasteiger charge is 2.21. The Morgan fingerprint density at radius 2 is 1.89 bits per heavy atom. The second-order valence-electron chi connectivity index (χ2n) is 4.46. The fraction of sp³-hybridized carbons (Fsp3) is 0.286. The third kappa shape index (κ3) is 3.07. The van der Waals surface area contributed by atoms with Crippen LogP contribution in [0.2, 0.25) is 0 Å². The standard InChI is InChI=1S/C14H17BO4/c1-10(9-18-2)19-13-8-7-11-5-3-4-6-12(11)14(13)15(16)17/h3-8,10,16-17H,9H2,1-2H3. The Labute approximate surface area is 112 Å². The second-order valence-corrected chi connectivity index (χ2v) is 4.46. The van der Waals surface area contributed by atoms with Gasteiger partial charge in [-0.15, -0.1) is 0 Å². The summed E-state index contributed by atoms with van der Waals surface area (Å²) in [7, 11) is 0.0260. The maximum absolute atomic E-state index is 9.59. The van der Waals surface area contributed by atoms with Gasteiger partial charge in [0.2, 0.25) is 0 Å². The molecule has 2 aromatic rings. The van der Waals surface area contributed by atoms with Crippen molar-refractivity contribution < 1.29 is 19.5 Å². The van der Waals surface area contributed by atoms with Crippen molar-refractivity contribution >= 4 is 23.4 Å². The molecule has 0 amide bonds. The molecule has 19 heavy (non-hydrogen) atoms. The lowest BCUT2D eigenvalue weighted by Gasteiger charge is -2.18. The van der Waals surface area contributed by atoms with Crippen molar-refractivity contribution in [3.05, 3.63) is 36.4 Å². The zero-order valence-corrected chi connectivity index (χ0v) is 11.0. The van der Waals surface area contributed by atoms with Gasteiger partial charge in [-0.1, -0.05) is 30.3 Å². The van der Waals surface area contributed by atoms with Crippen molar-refractivity contribution in [3.8, 4) is 5.75 Å². The van der Waals surface area contributed by atoms with Crippen LogP contribution >= 0.6 is 0 Å². The summed E-state index contributed by atoms with van der Waals surface area (Å²) in [6, 6.07) is 11.2. The van der Waals surface area contributed by atoms with Crippen molar-refractivity contribution in [2.75, 3.05) is 13.7 Å². The van der Waals surface area contributed by atoms with Crippen LogP contribution in [0.5, 0.6) is 5.75 Å². The molecule has 0 heterocycles. The van der Waals surface area contributed by atoms with E-state index in [1.807, 2.05) is 37.3 Å². The van der Waals surface area contributed by atoms with Gasteiger partial charge in [0, 0.05) is 12.6 Å². The molecule has 0 fully saturated rings. The average Bonchev–Trinajstić information content (AvgIpc) is 2.38. The van der Waals surface area contributed by atoms with Crippen LogP contribution in [-0.2, 0) is 4.74 Å². The number of fused-ring (bicyclic) bond motifs is 1. The van der Waals surface area contributed by atoms with E-state index in [1.54, 1.807) is 13.2 Å². The molecule has 0 aliphatic carbocycles. The average molecular weight is 260 g/mol. The Kier molecular flexibility index (Phi) is 4.42. The number of benzene rings is 2. The third-order valence-electron chi connectivity index (χ3n) is 2.92. The number of ether oxygens (including phenoxy) is 2. The van der Waals surface area contributed by atoms with Crippen molar-refractivity contribution in [1.82, 2.24) is 0 Å². The molecule has 0 bridgehead atoms. The highest BCUT2D eigenvalue weighted by Crippen LogP contribution is 2.20. The van der Waals surface area contributed by atoms with Gasteiger partial charge in [-0.05, 0) is 23.8 Å². The van der Waals surface area contributed by atoms with E-state index >= 15 is 0 Å². The first kappa shape index (κ1) is 13.9. The van der Waals surface area contributed by atoms with Gasteiger partial charge in [0.1, 0.15) is 11.9 Å². The summed E-state index contributed by atoms with van der Waals surface area (Å²) in [5, 5.41) is 20.9. The normalized spacial score (nSPS) is 12.4. The lowest BCUT2D eigenvalue weighted by molar-refractivity contribution is 0.0927. The zero-order chi connectivity index (χ0) is 13.8. The predicted molar refractivity (Wildman–Crippen MR) is 75.7 cm³/mol. The number of hydrogen-bond acceptors (Lipinski definition) is 4. The lowest BCUT2D eigenvalue weighted by atomic mass is 9.76. The van der Waals surface area contributed by atoms with E-state index in [9.17, 15) is 10.0 Å². The second kappa shape index (κ2) is 6.06. The molecule has 2 aromatic carbocycles. The summed E-state index contributed by atoms with van der Waals surface area (Å²) in [6.07, 6.45) is -0.163. The van der Waals surface area contributed by atoms with Crippen molar-refractivity contribution in [3.63, 3.8) is 0 Å². The van der Waals surface area contributed by atoms with Crippen molar-refractivity contribution in [1.29, 1.82) is 0 Å². The molecule has 0 spiro atoms. The molecule has 2 rings (SSSR count). The molecule has 2 N–H and O–H groups in total. The maximum atomic E-state index is 9.59. The molecule has 5 heteroatoms. The van der Waals surface area contributed by atoms with Gasteiger partial charge in [-0.2, -0.15) is 0 Å². The van der Waals surface area contributed by atoms with Crippen LogP contribution in [-0.4, -0.2) is 37.0 Å². The highest BCUT2D eigenvalue weighted by molar-refractivity contribution is 6.63. The SMILES string of the molecule is COCC(C)Oc1ccc2ccccc2c1B(O)O. The fourth-order valence-corrected chi connectivity index (χ4v) is 2.13. The lowest BCUT2D eigenvalue weighted by Crippen LogP contribution is -2.34. The summed E-state index contributed by atoms with van der Waals surface area (Å²) < 4.78 is 10.7. The smallest absolute Gasteiger partial charge is 0.489 e. The molecule has 100 valence electrons. The highest BCUT2D eigenvalue weighted by atomic mass is 16.5. The quantitative estimate of drug-likeness (QED) is 0.785. The predicted octanol–water partition coefficient (Wildman–Crippen LogP) is 0.933. The minimum atomic E-state index is -1.57. The van der Waals surface area contributed by atoms with E-state index < -0.39 is 7.12 Å². The van der Waals surface area contributed by atoms with Gasteiger partial charge in [-0.25, -0.2) is 0 Å². The minimum Gasteiger partial charge on any atom is -0.489 e. The molecule has 0 aliphatic rings. The summed E-state index contributed by atoms with van der Waals surface area (Å²) in [5.74, 6) is 0.471. The Hall–Kier alpha value is -1.56. The van der Waals surface area contributed by atoms with E-state index in [4.69, 9.17) is 9.47 Å². The van der Waals surface area contributed by atoms with Gasteiger partial charge in [-0.3, -0.25) is 0 Å². The summed E-state index contributed by atoms with van der Waals surface area (Å²) in [5.41, 5.74) is 0.390. The maximum Gasteiger partial charge on any atom is 0.492 e. The topological polar surface area (TPSA) is 58.9 Å². The molecule has 1 unspecified atom stereocenters. The van der Waals surface area contributed by atoms with Gasteiger partial charge >= 0.3 is 7.12 Å². The van der Waals surface area contributed by atoms with Gasteiger partial charge in [0.05, 0.1) is 6.61 Å². The molecule has 0 radical (unpaired) electrons. The van der Waals surface area contributed by atoms with E-state index in [-0.39, 0.29) is 6.10 Å². The minimum absolute atomic E-state index is 0.163. The van der Waals surface area contributed by atoms with Gasteiger partial charge in [0.15, 0.2) is 0 Å². The Morgan fingerprint density at radius 1 is 1.16 bits per heavy atom. The monoisotopic (exact) mass is 260 g/mol. The van der Waals surface area contributed by atoms with Crippen LogP contribution in [0.4, 0.5) is 0 Å². The first-order chi connectivity index (χ1) is 9.13. The molecule has 4 nitrogen and oxygen atoms in total. The summed E-state index contributed by atoms with van der Waals surface area (Å²) in [4.78, 5) is 0. The summed E-state index contributed by atoms with van der Waals surface area (Å²) >= 11 is 0. The third-order valence-corrected chi connectivity index (χ3v) is 2.92. The van der Waals surface area contributed by atoms with Gasteiger partial charge in [0.25, 0.3) is 0 Å². The zero-order valence-electron chi connectivity index (χ0n) is 11.0. The van der Waals surface area contributed by atoms with Crippen LogP contribution in [0.25, 0.3) is 10.8 Å². The Bertz CT molecular complexity index is 556.